The zero-order valence-electron chi connectivity index (χ0n) is 12.8. The third-order valence-corrected chi connectivity index (χ3v) is 3.57. The number of rotatable bonds is 5. The second kappa shape index (κ2) is 6.48. The molecule has 0 aromatic heterocycles. The van der Waals surface area contributed by atoms with Crippen LogP contribution < -0.4 is 24.8 Å². The van der Waals surface area contributed by atoms with E-state index in [1.54, 1.807) is 30.2 Å². The van der Waals surface area contributed by atoms with Gasteiger partial charge in [-0.2, -0.15) is 0 Å². The van der Waals surface area contributed by atoms with Gasteiger partial charge in [0.05, 0.1) is 19.3 Å². The first-order valence-corrected chi connectivity index (χ1v) is 7.27. The van der Waals surface area contributed by atoms with Crippen molar-refractivity contribution in [1.82, 2.24) is 0 Å². The summed E-state index contributed by atoms with van der Waals surface area (Å²) in [6, 6.07) is 12.6. The topological polar surface area (TPSA) is 74.0 Å². The van der Waals surface area contributed by atoms with Crippen molar-refractivity contribution in [2.24, 2.45) is 0 Å². The first-order valence-electron chi connectivity index (χ1n) is 7.27. The lowest BCUT2D eigenvalue weighted by Gasteiger charge is -2.29. The van der Waals surface area contributed by atoms with Crippen molar-refractivity contribution in [3.8, 4) is 17.2 Å². The molecule has 6 heteroatoms. The quantitative estimate of drug-likeness (QED) is 0.855. The third kappa shape index (κ3) is 3.31. The SMILES string of the molecule is COc1ccc(OCCN2C(=O)COc3ccc(N)cc32)cc1. The van der Waals surface area contributed by atoms with E-state index in [2.05, 4.69) is 0 Å². The number of anilines is 2. The van der Waals surface area contributed by atoms with Gasteiger partial charge in [-0.25, -0.2) is 0 Å². The van der Waals surface area contributed by atoms with Crippen molar-refractivity contribution in [3.05, 3.63) is 42.5 Å². The molecule has 0 radical (unpaired) electrons. The van der Waals surface area contributed by atoms with Gasteiger partial charge >= 0.3 is 0 Å². The Morgan fingerprint density at radius 3 is 2.65 bits per heavy atom. The Morgan fingerprint density at radius 2 is 1.91 bits per heavy atom. The second-order valence-electron chi connectivity index (χ2n) is 5.09. The van der Waals surface area contributed by atoms with E-state index in [-0.39, 0.29) is 12.5 Å². The standard InChI is InChI=1S/C17H18N2O4/c1-21-13-3-5-14(6-4-13)22-9-8-19-15-10-12(18)2-7-16(15)23-11-17(19)20/h2-7,10H,8-9,11,18H2,1H3. The summed E-state index contributed by atoms with van der Waals surface area (Å²) in [4.78, 5) is 13.7. The highest BCUT2D eigenvalue weighted by Crippen LogP contribution is 2.33. The number of methoxy groups -OCH3 is 1. The molecule has 120 valence electrons. The second-order valence-corrected chi connectivity index (χ2v) is 5.09. The van der Waals surface area contributed by atoms with E-state index in [4.69, 9.17) is 19.9 Å². The molecule has 0 saturated heterocycles. The van der Waals surface area contributed by atoms with Crippen LogP contribution in [0.2, 0.25) is 0 Å². The number of nitrogens with two attached hydrogens (primary N) is 1. The lowest BCUT2D eigenvalue weighted by molar-refractivity contribution is -0.121. The Balaban J connectivity index is 1.65. The molecule has 2 aromatic carbocycles. The largest absolute Gasteiger partial charge is 0.497 e. The van der Waals surface area contributed by atoms with Crippen molar-refractivity contribution in [2.75, 3.05) is 37.5 Å². The molecule has 23 heavy (non-hydrogen) atoms. The molecule has 0 fully saturated rings. The predicted octanol–water partition coefficient (Wildman–Crippen LogP) is 2.08. The maximum absolute atomic E-state index is 12.1. The lowest BCUT2D eigenvalue weighted by atomic mass is 10.2. The smallest absolute Gasteiger partial charge is 0.265 e. The molecule has 0 atom stereocenters. The molecule has 0 saturated carbocycles. The predicted molar refractivity (Wildman–Crippen MR) is 87.2 cm³/mol. The van der Waals surface area contributed by atoms with Gasteiger partial charge in [-0.3, -0.25) is 4.79 Å². The summed E-state index contributed by atoms with van der Waals surface area (Å²) in [7, 11) is 1.61. The number of nitrogens with zero attached hydrogens (tertiary/aromatic N) is 1. The average Bonchev–Trinajstić information content (AvgIpc) is 2.57. The Hall–Kier alpha value is -2.89. The van der Waals surface area contributed by atoms with Crippen LogP contribution in [0.25, 0.3) is 0 Å². The summed E-state index contributed by atoms with van der Waals surface area (Å²) in [5, 5.41) is 0. The third-order valence-electron chi connectivity index (χ3n) is 3.57. The van der Waals surface area contributed by atoms with Crippen LogP contribution in [0.5, 0.6) is 17.2 Å². The van der Waals surface area contributed by atoms with Crippen LogP contribution in [0.15, 0.2) is 42.5 Å². The van der Waals surface area contributed by atoms with Crippen LogP contribution in [-0.4, -0.2) is 32.8 Å². The molecule has 6 nitrogen and oxygen atoms in total. The average molecular weight is 314 g/mol. The molecule has 1 aliphatic rings. The van der Waals surface area contributed by atoms with Gasteiger partial charge in [0.1, 0.15) is 23.9 Å². The lowest BCUT2D eigenvalue weighted by Crippen LogP contribution is -2.41. The van der Waals surface area contributed by atoms with Crippen LogP contribution in [0.1, 0.15) is 0 Å². The van der Waals surface area contributed by atoms with Gasteiger partial charge in [-0.15, -0.1) is 0 Å². The Labute approximate surface area is 134 Å². The minimum Gasteiger partial charge on any atom is -0.497 e. The first-order chi connectivity index (χ1) is 11.2. The van der Waals surface area contributed by atoms with E-state index < -0.39 is 0 Å². The highest BCUT2D eigenvalue weighted by atomic mass is 16.5. The summed E-state index contributed by atoms with van der Waals surface area (Å²) < 4.78 is 16.2. The number of carbonyl (C=O) groups is 1. The van der Waals surface area contributed by atoms with Gasteiger partial charge in [-0.1, -0.05) is 0 Å². The van der Waals surface area contributed by atoms with E-state index in [1.165, 1.54) is 0 Å². The van der Waals surface area contributed by atoms with Gasteiger partial charge < -0.3 is 24.8 Å². The van der Waals surface area contributed by atoms with Crippen LogP contribution >= 0.6 is 0 Å². The summed E-state index contributed by atoms with van der Waals surface area (Å²) in [5.41, 5.74) is 7.07. The van der Waals surface area contributed by atoms with E-state index in [0.29, 0.717) is 30.3 Å². The van der Waals surface area contributed by atoms with Crippen molar-refractivity contribution in [1.29, 1.82) is 0 Å². The summed E-state index contributed by atoms with van der Waals surface area (Å²) >= 11 is 0. The number of hydrogen-bond acceptors (Lipinski definition) is 5. The molecule has 1 aliphatic heterocycles. The molecule has 3 rings (SSSR count). The fraction of sp³-hybridized carbons (Fsp3) is 0.235. The molecule has 0 bridgehead atoms. The summed E-state index contributed by atoms with van der Waals surface area (Å²) in [6.07, 6.45) is 0. The van der Waals surface area contributed by atoms with Crippen LogP contribution in [0.4, 0.5) is 11.4 Å². The molecule has 0 spiro atoms. The Morgan fingerprint density at radius 1 is 1.17 bits per heavy atom. The number of benzene rings is 2. The molecule has 2 aromatic rings. The van der Waals surface area contributed by atoms with Gasteiger partial charge in [0.15, 0.2) is 6.61 Å². The van der Waals surface area contributed by atoms with Crippen molar-refractivity contribution < 1.29 is 19.0 Å². The number of amides is 1. The number of ether oxygens (including phenoxy) is 3. The summed E-state index contributed by atoms with van der Waals surface area (Å²) in [6.45, 7) is 0.816. The maximum atomic E-state index is 12.1. The van der Waals surface area contributed by atoms with E-state index in [0.717, 1.165) is 11.5 Å². The van der Waals surface area contributed by atoms with Crippen molar-refractivity contribution in [3.63, 3.8) is 0 Å². The van der Waals surface area contributed by atoms with Crippen LogP contribution in [0.3, 0.4) is 0 Å². The van der Waals surface area contributed by atoms with Crippen molar-refractivity contribution >= 4 is 17.3 Å². The fourth-order valence-electron chi connectivity index (χ4n) is 2.39. The molecular weight excluding hydrogens is 296 g/mol. The molecule has 1 heterocycles. The number of hydrogen-bond donors (Lipinski definition) is 1. The Bertz CT molecular complexity index is 700. The van der Waals surface area contributed by atoms with Gasteiger partial charge in [0.25, 0.3) is 5.91 Å². The minimum absolute atomic E-state index is 0.0272. The first kappa shape index (κ1) is 15.0. The van der Waals surface area contributed by atoms with Gasteiger partial charge in [0, 0.05) is 5.69 Å². The highest BCUT2D eigenvalue weighted by molar-refractivity contribution is 5.98. The highest BCUT2D eigenvalue weighted by Gasteiger charge is 2.25. The zero-order chi connectivity index (χ0) is 16.2. The van der Waals surface area contributed by atoms with Gasteiger partial charge in [-0.05, 0) is 42.5 Å². The van der Waals surface area contributed by atoms with Crippen molar-refractivity contribution in [2.45, 2.75) is 0 Å². The van der Waals surface area contributed by atoms with Crippen LogP contribution in [0, 0.1) is 0 Å². The summed E-state index contributed by atoms with van der Waals surface area (Å²) in [5.74, 6) is 2.04. The monoisotopic (exact) mass is 314 g/mol. The van der Waals surface area contributed by atoms with E-state index in [1.807, 2.05) is 24.3 Å². The zero-order valence-corrected chi connectivity index (χ0v) is 12.8. The fourth-order valence-corrected chi connectivity index (χ4v) is 2.39. The number of nitrogen functional groups attached to an aromatic ring is 1. The van der Waals surface area contributed by atoms with E-state index in [9.17, 15) is 4.79 Å². The number of fused-ring (bicyclic) bond motifs is 1. The maximum Gasteiger partial charge on any atom is 0.265 e. The Kier molecular flexibility index (Phi) is 4.23. The normalized spacial score (nSPS) is 13.3. The van der Waals surface area contributed by atoms with Gasteiger partial charge in [0.2, 0.25) is 0 Å². The minimum atomic E-state index is -0.110. The molecule has 1 amide bonds. The number of carbonyl (C=O) groups excluding carboxylic acids is 1. The molecule has 0 unspecified atom stereocenters. The molecule has 2 N–H and O–H groups in total. The van der Waals surface area contributed by atoms with Crippen LogP contribution in [-0.2, 0) is 4.79 Å². The molecule has 0 aliphatic carbocycles. The molecular formula is C17H18N2O4. The van der Waals surface area contributed by atoms with E-state index >= 15 is 0 Å².